The molecule has 0 radical (unpaired) electrons. The summed E-state index contributed by atoms with van der Waals surface area (Å²) < 4.78 is 5.10. The van der Waals surface area contributed by atoms with E-state index in [0.29, 0.717) is 11.1 Å². The lowest BCUT2D eigenvalue weighted by Gasteiger charge is -2.16. The average molecular weight is 273 g/mol. The molecule has 1 heterocycles. The maximum atomic E-state index is 12.2. The van der Waals surface area contributed by atoms with Gasteiger partial charge in [-0.15, -0.1) is 0 Å². The fraction of sp³-hybridized carbons (Fsp3) is 0.375. The number of amides is 1. The highest BCUT2D eigenvalue weighted by Gasteiger charge is 2.12. The summed E-state index contributed by atoms with van der Waals surface area (Å²) in [5, 5.41) is 3.81. The molecular formula is C16H19NO3. The minimum absolute atomic E-state index is 0.126. The van der Waals surface area contributed by atoms with Crippen LogP contribution in [0.3, 0.4) is 0 Å². The molecule has 106 valence electrons. The predicted octanol–water partition coefficient (Wildman–Crippen LogP) is 3.10. The number of nitrogens with one attached hydrogen (secondary N) is 1. The van der Waals surface area contributed by atoms with Crippen molar-refractivity contribution >= 4 is 16.9 Å². The lowest BCUT2D eigenvalue weighted by molar-refractivity contribution is 0.0933. The monoisotopic (exact) mass is 273 g/mol. The SMILES string of the molecule is CCCC(CC)NC(=O)c1ccc2ccc(=O)oc2c1. The van der Waals surface area contributed by atoms with E-state index in [-0.39, 0.29) is 11.9 Å². The summed E-state index contributed by atoms with van der Waals surface area (Å²) in [6.07, 6.45) is 2.90. The second kappa shape index (κ2) is 6.37. The number of carbonyl (C=O) groups is 1. The van der Waals surface area contributed by atoms with Crippen molar-refractivity contribution in [2.24, 2.45) is 0 Å². The fourth-order valence-electron chi connectivity index (χ4n) is 2.20. The Morgan fingerprint density at radius 1 is 1.25 bits per heavy atom. The van der Waals surface area contributed by atoms with Crippen LogP contribution in [0.25, 0.3) is 11.0 Å². The molecule has 4 nitrogen and oxygen atoms in total. The first kappa shape index (κ1) is 14.3. The van der Waals surface area contributed by atoms with E-state index in [0.717, 1.165) is 24.6 Å². The van der Waals surface area contributed by atoms with E-state index in [1.807, 2.05) is 0 Å². The van der Waals surface area contributed by atoms with Crippen LogP contribution in [-0.4, -0.2) is 11.9 Å². The summed E-state index contributed by atoms with van der Waals surface area (Å²) in [7, 11) is 0. The molecule has 20 heavy (non-hydrogen) atoms. The summed E-state index contributed by atoms with van der Waals surface area (Å²) in [4.78, 5) is 23.4. The molecule has 2 aromatic rings. The zero-order valence-corrected chi connectivity index (χ0v) is 11.8. The van der Waals surface area contributed by atoms with Gasteiger partial charge in [0.2, 0.25) is 0 Å². The standard InChI is InChI=1S/C16H19NO3/c1-3-5-13(4-2)17-16(19)12-7-6-11-8-9-15(18)20-14(11)10-12/h6-10,13H,3-5H2,1-2H3,(H,17,19). The minimum atomic E-state index is -0.410. The topological polar surface area (TPSA) is 59.3 Å². The molecule has 0 saturated carbocycles. The molecule has 0 aliphatic heterocycles. The zero-order chi connectivity index (χ0) is 14.5. The van der Waals surface area contributed by atoms with E-state index < -0.39 is 5.63 Å². The third-order valence-electron chi connectivity index (χ3n) is 3.35. The molecule has 2 rings (SSSR count). The molecule has 1 N–H and O–H groups in total. The Morgan fingerprint density at radius 3 is 2.70 bits per heavy atom. The van der Waals surface area contributed by atoms with Crippen LogP contribution in [0.4, 0.5) is 0 Å². The highest BCUT2D eigenvalue weighted by Crippen LogP contribution is 2.14. The lowest BCUT2D eigenvalue weighted by atomic mass is 10.1. The molecule has 0 bridgehead atoms. The van der Waals surface area contributed by atoms with Crippen LogP contribution in [-0.2, 0) is 0 Å². The van der Waals surface area contributed by atoms with Gasteiger partial charge in [-0.25, -0.2) is 4.79 Å². The molecule has 0 fully saturated rings. The van der Waals surface area contributed by atoms with Crippen molar-refractivity contribution in [1.82, 2.24) is 5.32 Å². The van der Waals surface area contributed by atoms with Crippen LogP contribution in [0.1, 0.15) is 43.5 Å². The van der Waals surface area contributed by atoms with Gasteiger partial charge in [0.05, 0.1) is 0 Å². The van der Waals surface area contributed by atoms with Crippen molar-refractivity contribution in [2.75, 3.05) is 0 Å². The van der Waals surface area contributed by atoms with Crippen LogP contribution in [0.5, 0.6) is 0 Å². The van der Waals surface area contributed by atoms with E-state index in [1.165, 1.54) is 6.07 Å². The third kappa shape index (κ3) is 3.26. The molecule has 1 aromatic carbocycles. The molecule has 0 spiro atoms. The van der Waals surface area contributed by atoms with Crippen molar-refractivity contribution < 1.29 is 9.21 Å². The van der Waals surface area contributed by atoms with Gasteiger partial charge in [0.25, 0.3) is 5.91 Å². The van der Waals surface area contributed by atoms with Crippen LogP contribution < -0.4 is 10.9 Å². The van der Waals surface area contributed by atoms with Gasteiger partial charge in [0.15, 0.2) is 0 Å². The largest absolute Gasteiger partial charge is 0.423 e. The minimum Gasteiger partial charge on any atom is -0.423 e. The van der Waals surface area contributed by atoms with Crippen molar-refractivity contribution in [3.05, 3.63) is 46.3 Å². The highest BCUT2D eigenvalue weighted by molar-refractivity contribution is 5.97. The predicted molar refractivity (Wildman–Crippen MR) is 78.9 cm³/mol. The molecular weight excluding hydrogens is 254 g/mol. The summed E-state index contributed by atoms with van der Waals surface area (Å²) in [5.74, 6) is -0.126. The van der Waals surface area contributed by atoms with Crippen molar-refractivity contribution in [2.45, 2.75) is 39.2 Å². The van der Waals surface area contributed by atoms with E-state index >= 15 is 0 Å². The number of hydrogen-bond acceptors (Lipinski definition) is 3. The maximum absolute atomic E-state index is 12.2. The van der Waals surface area contributed by atoms with Crippen LogP contribution >= 0.6 is 0 Å². The Morgan fingerprint density at radius 2 is 2.00 bits per heavy atom. The quantitative estimate of drug-likeness (QED) is 0.851. The molecule has 4 heteroatoms. The van der Waals surface area contributed by atoms with Gasteiger partial charge in [-0.1, -0.05) is 26.3 Å². The summed E-state index contributed by atoms with van der Waals surface area (Å²) in [5.41, 5.74) is 0.544. The number of rotatable bonds is 5. The Bertz CT molecular complexity index is 660. The third-order valence-corrected chi connectivity index (χ3v) is 3.35. The van der Waals surface area contributed by atoms with Crippen molar-refractivity contribution in [3.63, 3.8) is 0 Å². The highest BCUT2D eigenvalue weighted by atomic mass is 16.4. The molecule has 0 aliphatic carbocycles. The number of benzene rings is 1. The first-order valence-corrected chi connectivity index (χ1v) is 6.98. The Balaban J connectivity index is 2.23. The first-order valence-electron chi connectivity index (χ1n) is 6.98. The second-order valence-electron chi connectivity index (χ2n) is 4.87. The molecule has 0 saturated heterocycles. The molecule has 1 aromatic heterocycles. The Labute approximate surface area is 117 Å². The summed E-state index contributed by atoms with van der Waals surface area (Å²) in [6, 6.07) is 8.39. The van der Waals surface area contributed by atoms with Gasteiger partial charge in [0.1, 0.15) is 5.58 Å². The van der Waals surface area contributed by atoms with Gasteiger partial charge in [-0.3, -0.25) is 4.79 Å². The Hall–Kier alpha value is -2.10. The van der Waals surface area contributed by atoms with Gasteiger partial charge >= 0.3 is 5.63 Å². The maximum Gasteiger partial charge on any atom is 0.336 e. The number of carbonyl (C=O) groups excluding carboxylic acids is 1. The van der Waals surface area contributed by atoms with E-state index in [1.54, 1.807) is 24.3 Å². The van der Waals surface area contributed by atoms with Crippen LogP contribution in [0.15, 0.2) is 39.5 Å². The number of fused-ring (bicyclic) bond motifs is 1. The van der Waals surface area contributed by atoms with Crippen LogP contribution in [0, 0.1) is 0 Å². The Kier molecular flexibility index (Phi) is 4.56. The van der Waals surface area contributed by atoms with Gasteiger partial charge in [-0.05, 0) is 31.0 Å². The van der Waals surface area contributed by atoms with Crippen molar-refractivity contribution in [3.8, 4) is 0 Å². The van der Waals surface area contributed by atoms with Gasteiger partial charge in [0, 0.05) is 23.1 Å². The number of hydrogen-bond donors (Lipinski definition) is 1. The summed E-state index contributed by atoms with van der Waals surface area (Å²) >= 11 is 0. The molecule has 1 atom stereocenters. The first-order chi connectivity index (χ1) is 9.63. The fourth-order valence-corrected chi connectivity index (χ4v) is 2.20. The molecule has 1 unspecified atom stereocenters. The summed E-state index contributed by atoms with van der Waals surface area (Å²) in [6.45, 7) is 4.15. The molecule has 0 aliphatic rings. The van der Waals surface area contributed by atoms with E-state index in [9.17, 15) is 9.59 Å². The van der Waals surface area contributed by atoms with E-state index in [2.05, 4.69) is 19.2 Å². The van der Waals surface area contributed by atoms with Crippen LogP contribution in [0.2, 0.25) is 0 Å². The van der Waals surface area contributed by atoms with Crippen molar-refractivity contribution in [1.29, 1.82) is 0 Å². The van der Waals surface area contributed by atoms with Gasteiger partial charge in [-0.2, -0.15) is 0 Å². The average Bonchev–Trinajstić information content (AvgIpc) is 2.45. The molecule has 1 amide bonds. The van der Waals surface area contributed by atoms with E-state index in [4.69, 9.17) is 4.42 Å². The van der Waals surface area contributed by atoms with Gasteiger partial charge < -0.3 is 9.73 Å². The second-order valence-corrected chi connectivity index (χ2v) is 4.87. The lowest BCUT2D eigenvalue weighted by Crippen LogP contribution is -2.34. The zero-order valence-electron chi connectivity index (χ0n) is 11.8. The smallest absolute Gasteiger partial charge is 0.336 e. The normalized spacial score (nSPS) is 12.3.